The molecule has 1 aromatic carbocycles. The molecule has 0 spiro atoms. The van der Waals surface area contributed by atoms with Crippen LogP contribution in [0, 0.1) is 11.3 Å². The SMILES string of the molecule is CCC1(C)CC1C(=O)N1CCc2ccc(C(=O)O)cc2C1. The largest absolute Gasteiger partial charge is 0.478 e. The molecular formula is C17H21NO3. The van der Waals surface area contributed by atoms with Crippen molar-refractivity contribution in [1.82, 2.24) is 4.90 Å². The molecule has 4 nitrogen and oxygen atoms in total. The van der Waals surface area contributed by atoms with Crippen LogP contribution in [0.3, 0.4) is 0 Å². The summed E-state index contributed by atoms with van der Waals surface area (Å²) >= 11 is 0. The van der Waals surface area contributed by atoms with Gasteiger partial charge < -0.3 is 10.0 Å². The van der Waals surface area contributed by atoms with Crippen LogP contribution in [0.4, 0.5) is 0 Å². The molecule has 2 atom stereocenters. The summed E-state index contributed by atoms with van der Waals surface area (Å²) in [7, 11) is 0. The van der Waals surface area contributed by atoms with Gasteiger partial charge in [0.2, 0.25) is 5.91 Å². The topological polar surface area (TPSA) is 57.6 Å². The van der Waals surface area contributed by atoms with Crippen molar-refractivity contribution in [3.05, 3.63) is 34.9 Å². The van der Waals surface area contributed by atoms with Crippen molar-refractivity contribution in [2.75, 3.05) is 6.54 Å². The van der Waals surface area contributed by atoms with Gasteiger partial charge in [0.25, 0.3) is 0 Å². The third-order valence-electron chi connectivity index (χ3n) is 5.23. The first-order valence-electron chi connectivity index (χ1n) is 7.58. The number of carbonyl (C=O) groups is 2. The zero-order chi connectivity index (χ0) is 15.2. The predicted molar refractivity (Wildman–Crippen MR) is 79.0 cm³/mol. The fourth-order valence-electron chi connectivity index (χ4n) is 3.28. The average molecular weight is 287 g/mol. The lowest BCUT2D eigenvalue weighted by molar-refractivity contribution is -0.134. The Balaban J connectivity index is 1.76. The van der Waals surface area contributed by atoms with Gasteiger partial charge in [-0.3, -0.25) is 4.79 Å². The molecule has 112 valence electrons. The van der Waals surface area contributed by atoms with E-state index in [2.05, 4.69) is 13.8 Å². The van der Waals surface area contributed by atoms with E-state index in [1.54, 1.807) is 12.1 Å². The van der Waals surface area contributed by atoms with Gasteiger partial charge in [-0.1, -0.05) is 19.9 Å². The second kappa shape index (κ2) is 4.86. The monoisotopic (exact) mass is 287 g/mol. The van der Waals surface area contributed by atoms with Crippen molar-refractivity contribution < 1.29 is 14.7 Å². The summed E-state index contributed by atoms with van der Waals surface area (Å²) in [6, 6.07) is 5.24. The smallest absolute Gasteiger partial charge is 0.335 e. The van der Waals surface area contributed by atoms with E-state index in [0.717, 1.165) is 36.9 Å². The van der Waals surface area contributed by atoms with Crippen LogP contribution in [-0.2, 0) is 17.8 Å². The number of aromatic carboxylic acids is 1. The standard InChI is InChI=1S/C17H21NO3/c1-3-17(2)9-14(17)15(19)18-7-6-11-4-5-12(16(20)21)8-13(11)10-18/h4-5,8,14H,3,6-7,9-10H2,1-2H3,(H,20,21). The highest BCUT2D eigenvalue weighted by Crippen LogP contribution is 2.55. The zero-order valence-electron chi connectivity index (χ0n) is 12.6. The summed E-state index contributed by atoms with van der Waals surface area (Å²) in [6.07, 6.45) is 2.84. The maximum absolute atomic E-state index is 12.6. The summed E-state index contributed by atoms with van der Waals surface area (Å²) in [6.45, 7) is 5.61. The highest BCUT2D eigenvalue weighted by Gasteiger charge is 2.54. The number of carboxylic acid groups (broad SMARTS) is 1. The van der Waals surface area contributed by atoms with Gasteiger partial charge >= 0.3 is 5.97 Å². The summed E-state index contributed by atoms with van der Waals surface area (Å²) in [5.41, 5.74) is 2.62. The molecule has 0 radical (unpaired) electrons. The molecule has 1 aliphatic heterocycles. The Labute approximate surface area is 124 Å². The van der Waals surface area contributed by atoms with Gasteiger partial charge in [-0.05, 0) is 47.9 Å². The third-order valence-corrected chi connectivity index (χ3v) is 5.23. The minimum absolute atomic E-state index is 0.159. The number of fused-ring (bicyclic) bond motifs is 1. The second-order valence-electron chi connectivity index (χ2n) is 6.56. The number of rotatable bonds is 3. The maximum Gasteiger partial charge on any atom is 0.335 e. The van der Waals surface area contributed by atoms with Crippen molar-refractivity contribution in [3.8, 4) is 0 Å². The summed E-state index contributed by atoms with van der Waals surface area (Å²) in [4.78, 5) is 25.5. The summed E-state index contributed by atoms with van der Waals surface area (Å²) < 4.78 is 0. The van der Waals surface area contributed by atoms with Gasteiger partial charge in [-0.2, -0.15) is 0 Å². The predicted octanol–water partition coefficient (Wildman–Crippen LogP) is 2.71. The van der Waals surface area contributed by atoms with E-state index in [0.29, 0.717) is 12.1 Å². The molecule has 0 saturated heterocycles. The molecule has 1 amide bonds. The van der Waals surface area contributed by atoms with Gasteiger partial charge in [0.1, 0.15) is 0 Å². The second-order valence-corrected chi connectivity index (χ2v) is 6.56. The molecule has 0 aromatic heterocycles. The van der Waals surface area contributed by atoms with Crippen LogP contribution in [0.25, 0.3) is 0 Å². The average Bonchev–Trinajstić information content (AvgIpc) is 3.18. The molecule has 1 heterocycles. The first kappa shape index (κ1) is 14.1. The first-order valence-corrected chi connectivity index (χ1v) is 7.58. The quantitative estimate of drug-likeness (QED) is 0.930. The number of carboxylic acids is 1. The van der Waals surface area contributed by atoms with Crippen LogP contribution in [0.15, 0.2) is 18.2 Å². The molecule has 2 unspecified atom stereocenters. The van der Waals surface area contributed by atoms with Gasteiger partial charge in [0, 0.05) is 19.0 Å². The van der Waals surface area contributed by atoms with Crippen LogP contribution in [-0.4, -0.2) is 28.4 Å². The summed E-state index contributed by atoms with van der Waals surface area (Å²) in [5, 5.41) is 9.08. The van der Waals surface area contributed by atoms with Crippen LogP contribution < -0.4 is 0 Å². The minimum Gasteiger partial charge on any atom is -0.478 e. The maximum atomic E-state index is 12.6. The number of hydrogen-bond donors (Lipinski definition) is 1. The zero-order valence-corrected chi connectivity index (χ0v) is 12.6. The lowest BCUT2D eigenvalue weighted by Crippen LogP contribution is -2.37. The van der Waals surface area contributed by atoms with Gasteiger partial charge in [-0.25, -0.2) is 4.79 Å². The normalized spacial score (nSPS) is 27.1. The van der Waals surface area contributed by atoms with E-state index in [1.165, 1.54) is 0 Å². The van der Waals surface area contributed by atoms with E-state index in [-0.39, 0.29) is 17.2 Å². The molecule has 3 rings (SSSR count). The molecule has 2 aliphatic rings. The number of carbonyl (C=O) groups excluding carboxylic acids is 1. The van der Waals surface area contributed by atoms with Crippen LogP contribution in [0.5, 0.6) is 0 Å². The molecule has 1 aromatic rings. The Kier molecular flexibility index (Phi) is 3.27. The molecule has 1 aliphatic carbocycles. The number of nitrogens with zero attached hydrogens (tertiary/aromatic N) is 1. The molecule has 21 heavy (non-hydrogen) atoms. The Morgan fingerprint density at radius 3 is 2.76 bits per heavy atom. The Hall–Kier alpha value is -1.84. The Bertz CT molecular complexity index is 610. The lowest BCUT2D eigenvalue weighted by Gasteiger charge is -2.30. The highest BCUT2D eigenvalue weighted by molar-refractivity contribution is 5.88. The van der Waals surface area contributed by atoms with E-state index in [1.807, 2.05) is 11.0 Å². The lowest BCUT2D eigenvalue weighted by atomic mass is 9.96. The van der Waals surface area contributed by atoms with E-state index in [4.69, 9.17) is 5.11 Å². The Morgan fingerprint density at radius 1 is 1.38 bits per heavy atom. The minimum atomic E-state index is -0.915. The van der Waals surface area contributed by atoms with Gasteiger partial charge in [0.05, 0.1) is 5.56 Å². The fraction of sp³-hybridized carbons (Fsp3) is 0.529. The molecule has 4 heteroatoms. The molecule has 1 saturated carbocycles. The molecular weight excluding hydrogens is 266 g/mol. The van der Waals surface area contributed by atoms with Gasteiger partial charge in [0.15, 0.2) is 0 Å². The van der Waals surface area contributed by atoms with E-state index in [9.17, 15) is 9.59 Å². The molecule has 1 N–H and O–H groups in total. The van der Waals surface area contributed by atoms with Crippen molar-refractivity contribution in [3.63, 3.8) is 0 Å². The van der Waals surface area contributed by atoms with E-state index >= 15 is 0 Å². The van der Waals surface area contributed by atoms with Crippen LogP contribution >= 0.6 is 0 Å². The molecule has 0 bridgehead atoms. The third kappa shape index (κ3) is 2.43. The highest BCUT2D eigenvalue weighted by atomic mass is 16.4. The van der Waals surface area contributed by atoms with E-state index < -0.39 is 5.97 Å². The number of hydrogen-bond acceptors (Lipinski definition) is 2. The number of benzene rings is 1. The van der Waals surface area contributed by atoms with Crippen molar-refractivity contribution in [2.24, 2.45) is 11.3 Å². The molecule has 1 fully saturated rings. The van der Waals surface area contributed by atoms with Crippen LogP contribution in [0.1, 0.15) is 48.2 Å². The van der Waals surface area contributed by atoms with Crippen molar-refractivity contribution in [2.45, 2.75) is 39.7 Å². The van der Waals surface area contributed by atoms with Crippen molar-refractivity contribution >= 4 is 11.9 Å². The Morgan fingerprint density at radius 2 is 2.14 bits per heavy atom. The van der Waals surface area contributed by atoms with Gasteiger partial charge in [-0.15, -0.1) is 0 Å². The number of amides is 1. The summed E-state index contributed by atoms with van der Waals surface area (Å²) in [5.74, 6) is -0.514. The van der Waals surface area contributed by atoms with Crippen molar-refractivity contribution in [1.29, 1.82) is 0 Å². The first-order chi connectivity index (χ1) is 9.94. The fourth-order valence-corrected chi connectivity index (χ4v) is 3.28. The van der Waals surface area contributed by atoms with Crippen LogP contribution in [0.2, 0.25) is 0 Å².